The highest BCUT2D eigenvalue weighted by atomic mass is 79.9. The lowest BCUT2D eigenvalue weighted by Gasteiger charge is -2.09. The van der Waals surface area contributed by atoms with Crippen LogP contribution in [0.4, 0.5) is 0 Å². The van der Waals surface area contributed by atoms with Crippen molar-refractivity contribution < 1.29 is 4.74 Å². The molecule has 0 fully saturated rings. The Kier molecular flexibility index (Phi) is 5.22. The van der Waals surface area contributed by atoms with E-state index in [0.29, 0.717) is 6.61 Å². The number of aromatic nitrogens is 4. The number of nitrogens with zero attached hydrogens (tertiary/aromatic N) is 4. The minimum atomic E-state index is 0.397. The van der Waals surface area contributed by atoms with E-state index in [0.717, 1.165) is 49.2 Å². The van der Waals surface area contributed by atoms with Gasteiger partial charge in [-0.25, -0.2) is 4.98 Å². The molecule has 0 saturated carbocycles. The predicted octanol–water partition coefficient (Wildman–Crippen LogP) is 6.04. The summed E-state index contributed by atoms with van der Waals surface area (Å²) in [5.74, 6) is 0.788. The predicted molar refractivity (Wildman–Crippen MR) is 126 cm³/mol. The van der Waals surface area contributed by atoms with E-state index >= 15 is 0 Å². The second-order valence-electron chi connectivity index (χ2n) is 7.23. The number of hydrogen-bond acceptors (Lipinski definition) is 4. The number of hydrogen-bond donors (Lipinski definition) is 0. The van der Waals surface area contributed by atoms with E-state index in [9.17, 15) is 0 Å². The van der Waals surface area contributed by atoms with Crippen molar-refractivity contribution >= 4 is 26.8 Å². The molecule has 0 radical (unpaired) electrons. The second kappa shape index (κ2) is 8.32. The molecule has 0 spiro atoms. The van der Waals surface area contributed by atoms with E-state index in [1.165, 1.54) is 0 Å². The molecule has 3 aromatic heterocycles. The zero-order valence-corrected chi connectivity index (χ0v) is 18.5. The fourth-order valence-electron chi connectivity index (χ4n) is 3.57. The van der Waals surface area contributed by atoms with Crippen LogP contribution in [0.5, 0.6) is 5.75 Å². The van der Waals surface area contributed by atoms with Crippen molar-refractivity contribution in [3.05, 3.63) is 95.5 Å². The molecular formula is C25H19BrN4O. The molecule has 2 aromatic carbocycles. The van der Waals surface area contributed by atoms with Gasteiger partial charge < -0.3 is 4.74 Å². The maximum absolute atomic E-state index is 5.99. The molecule has 5 aromatic rings. The molecule has 0 bridgehead atoms. The maximum Gasteiger partial charge on any atom is 0.130 e. The Morgan fingerprint density at radius 2 is 1.71 bits per heavy atom. The van der Waals surface area contributed by atoms with Crippen molar-refractivity contribution in [1.29, 1.82) is 0 Å². The van der Waals surface area contributed by atoms with Gasteiger partial charge in [-0.1, -0.05) is 34.1 Å². The summed E-state index contributed by atoms with van der Waals surface area (Å²) in [5, 5.41) is 5.75. The summed E-state index contributed by atoms with van der Waals surface area (Å²) in [6, 6.07) is 22.0. The highest BCUT2D eigenvalue weighted by Gasteiger charge is 2.12. The summed E-state index contributed by atoms with van der Waals surface area (Å²) in [6.07, 6.45) is 5.61. The largest absolute Gasteiger partial charge is 0.487 e. The van der Waals surface area contributed by atoms with Gasteiger partial charge in [-0.05, 0) is 54.1 Å². The molecule has 0 aliphatic heterocycles. The quantitative estimate of drug-likeness (QED) is 0.314. The minimum Gasteiger partial charge on any atom is -0.487 e. The first-order valence-electron chi connectivity index (χ1n) is 9.89. The Bertz CT molecular complexity index is 1350. The topological polar surface area (TPSA) is 52.8 Å². The Balaban J connectivity index is 1.36. The third-order valence-corrected chi connectivity index (χ3v) is 5.71. The van der Waals surface area contributed by atoms with Gasteiger partial charge in [0.05, 0.1) is 11.2 Å². The summed E-state index contributed by atoms with van der Waals surface area (Å²) in [5.41, 5.74) is 5.95. The molecule has 0 aliphatic carbocycles. The highest BCUT2D eigenvalue weighted by Crippen LogP contribution is 2.31. The molecule has 0 unspecified atom stereocenters. The zero-order valence-electron chi connectivity index (χ0n) is 16.9. The Morgan fingerprint density at radius 1 is 0.935 bits per heavy atom. The van der Waals surface area contributed by atoms with Crippen molar-refractivity contribution in [3.63, 3.8) is 0 Å². The van der Waals surface area contributed by atoms with Crippen LogP contribution in [-0.4, -0.2) is 19.7 Å². The molecule has 5 rings (SSSR count). The van der Waals surface area contributed by atoms with Gasteiger partial charge in [0.1, 0.15) is 18.1 Å². The van der Waals surface area contributed by atoms with Gasteiger partial charge in [0, 0.05) is 46.6 Å². The van der Waals surface area contributed by atoms with Crippen LogP contribution in [0.2, 0.25) is 0 Å². The molecule has 0 amide bonds. The number of benzene rings is 2. The molecule has 31 heavy (non-hydrogen) atoms. The molecule has 0 saturated heterocycles. The zero-order chi connectivity index (χ0) is 21.2. The van der Waals surface area contributed by atoms with Gasteiger partial charge in [-0.2, -0.15) is 5.10 Å². The van der Waals surface area contributed by atoms with Gasteiger partial charge in [-0.15, -0.1) is 0 Å². The molecule has 5 nitrogen and oxygen atoms in total. The molecule has 3 heterocycles. The second-order valence-corrected chi connectivity index (χ2v) is 8.08. The van der Waals surface area contributed by atoms with Crippen molar-refractivity contribution in [3.8, 4) is 28.1 Å². The van der Waals surface area contributed by atoms with E-state index in [1.807, 2.05) is 84.7 Å². The van der Waals surface area contributed by atoms with Gasteiger partial charge in [0.25, 0.3) is 0 Å². The van der Waals surface area contributed by atoms with Crippen molar-refractivity contribution in [2.45, 2.75) is 6.61 Å². The van der Waals surface area contributed by atoms with E-state index in [2.05, 4.69) is 26.0 Å². The maximum atomic E-state index is 5.99. The summed E-state index contributed by atoms with van der Waals surface area (Å²) in [4.78, 5) is 8.80. The van der Waals surface area contributed by atoms with Crippen LogP contribution in [0.25, 0.3) is 33.3 Å². The van der Waals surface area contributed by atoms with Crippen LogP contribution in [0.3, 0.4) is 0 Å². The van der Waals surface area contributed by atoms with Gasteiger partial charge >= 0.3 is 0 Å². The van der Waals surface area contributed by atoms with Crippen LogP contribution < -0.4 is 4.74 Å². The smallest absolute Gasteiger partial charge is 0.130 e. The lowest BCUT2D eigenvalue weighted by molar-refractivity contribution is 0.302. The van der Waals surface area contributed by atoms with Crippen LogP contribution in [0.15, 0.2) is 89.8 Å². The number of fused-ring (bicyclic) bond motifs is 1. The molecule has 6 heteroatoms. The number of halogens is 1. The molecular weight excluding hydrogens is 452 g/mol. The Labute approximate surface area is 188 Å². The fourth-order valence-corrected chi connectivity index (χ4v) is 4.17. The lowest BCUT2D eigenvalue weighted by Crippen LogP contribution is -1.99. The number of pyridine rings is 2. The van der Waals surface area contributed by atoms with Crippen molar-refractivity contribution in [2.24, 2.45) is 7.05 Å². The van der Waals surface area contributed by atoms with Crippen LogP contribution in [-0.2, 0) is 13.7 Å². The Morgan fingerprint density at radius 3 is 2.52 bits per heavy atom. The molecule has 152 valence electrons. The summed E-state index contributed by atoms with van der Waals surface area (Å²) in [6.45, 7) is 0.397. The summed E-state index contributed by atoms with van der Waals surface area (Å²) < 4.78 is 8.84. The average Bonchev–Trinajstić information content (AvgIpc) is 3.20. The van der Waals surface area contributed by atoms with Gasteiger partial charge in [0.15, 0.2) is 0 Å². The van der Waals surface area contributed by atoms with E-state index in [-0.39, 0.29) is 0 Å². The lowest BCUT2D eigenvalue weighted by atomic mass is 10.0. The Hall–Kier alpha value is -3.51. The number of para-hydroxylation sites is 1. The minimum absolute atomic E-state index is 0.397. The fraction of sp³-hybridized carbons (Fsp3) is 0.0800. The third-order valence-electron chi connectivity index (χ3n) is 5.05. The number of aryl methyl sites for hydroxylation is 1. The average molecular weight is 471 g/mol. The summed E-state index contributed by atoms with van der Waals surface area (Å²) >= 11 is 3.63. The SMILES string of the molecule is Cn1cc(-c2ccncc2)c(-c2ccc(OCc3cc(Br)c4ccccc4n3)cc2)n1. The molecule has 0 atom stereocenters. The highest BCUT2D eigenvalue weighted by molar-refractivity contribution is 9.10. The van der Waals surface area contributed by atoms with Crippen LogP contribution in [0.1, 0.15) is 5.69 Å². The first-order chi connectivity index (χ1) is 15.2. The van der Waals surface area contributed by atoms with E-state index in [4.69, 9.17) is 9.72 Å². The molecule has 0 aliphatic rings. The standard InChI is InChI=1S/C25H19BrN4O/c1-30-15-22(17-10-12-27-13-11-17)25(29-30)18-6-8-20(9-7-18)31-16-19-14-23(26)21-4-2-3-5-24(21)28-19/h2-15H,16H2,1H3. The monoisotopic (exact) mass is 470 g/mol. The number of rotatable bonds is 5. The van der Waals surface area contributed by atoms with Crippen molar-refractivity contribution in [2.75, 3.05) is 0 Å². The molecule has 0 N–H and O–H groups in total. The number of ether oxygens (including phenoxy) is 1. The van der Waals surface area contributed by atoms with Gasteiger partial charge in [-0.3, -0.25) is 9.67 Å². The third kappa shape index (κ3) is 4.07. The van der Waals surface area contributed by atoms with Crippen molar-refractivity contribution in [1.82, 2.24) is 19.7 Å². The summed E-state index contributed by atoms with van der Waals surface area (Å²) in [7, 11) is 1.93. The van der Waals surface area contributed by atoms with Crippen LogP contribution >= 0.6 is 15.9 Å². The van der Waals surface area contributed by atoms with E-state index in [1.54, 1.807) is 12.4 Å². The van der Waals surface area contributed by atoms with E-state index < -0.39 is 0 Å². The van der Waals surface area contributed by atoms with Crippen LogP contribution in [0, 0.1) is 0 Å². The first kappa shape index (κ1) is 19.5. The normalized spacial score (nSPS) is 11.0. The first-order valence-corrected chi connectivity index (χ1v) is 10.7. The van der Waals surface area contributed by atoms with Gasteiger partial charge in [0.2, 0.25) is 0 Å².